The van der Waals surface area contributed by atoms with Crippen LogP contribution in [0, 0.1) is 0 Å². The maximum absolute atomic E-state index is 12.5. The molecule has 1 aliphatic heterocycles. The average Bonchev–Trinajstić information content (AvgIpc) is 2.72. The van der Waals surface area contributed by atoms with Crippen molar-refractivity contribution in [1.29, 1.82) is 0 Å². The van der Waals surface area contributed by atoms with Gasteiger partial charge >= 0.3 is 6.03 Å². The summed E-state index contributed by atoms with van der Waals surface area (Å²) in [5.41, 5.74) is 11.9. The van der Waals surface area contributed by atoms with E-state index in [1.165, 1.54) is 0 Å². The second-order valence-corrected chi connectivity index (χ2v) is 6.90. The maximum Gasteiger partial charge on any atom is 0.322 e. The summed E-state index contributed by atoms with van der Waals surface area (Å²) in [4.78, 5) is 18.4. The van der Waals surface area contributed by atoms with Crippen molar-refractivity contribution in [1.82, 2.24) is 9.88 Å². The summed E-state index contributed by atoms with van der Waals surface area (Å²) in [7, 11) is 0. The molecule has 0 bridgehead atoms. The molecule has 0 aliphatic carbocycles. The number of rotatable bonds is 5. The Morgan fingerprint density at radius 3 is 2.64 bits per heavy atom. The molecule has 2 amide bonds. The molecule has 28 heavy (non-hydrogen) atoms. The van der Waals surface area contributed by atoms with Crippen molar-refractivity contribution in [3.8, 4) is 0 Å². The molecule has 2 aromatic carbocycles. The predicted octanol–water partition coefficient (Wildman–Crippen LogP) is 4.53. The molecule has 1 aromatic heterocycles. The minimum Gasteiger partial charge on any atom is -0.398 e. The number of anilines is 2. The van der Waals surface area contributed by atoms with Crippen molar-refractivity contribution in [2.75, 3.05) is 11.1 Å². The van der Waals surface area contributed by atoms with Crippen LogP contribution in [-0.4, -0.2) is 15.9 Å². The first kappa shape index (κ1) is 17.8. The third-order valence-electron chi connectivity index (χ3n) is 5.05. The van der Waals surface area contributed by atoms with Gasteiger partial charge in [-0.3, -0.25) is 4.98 Å². The highest BCUT2D eigenvalue weighted by Gasteiger charge is 2.25. The summed E-state index contributed by atoms with van der Waals surface area (Å²) >= 11 is 0. The van der Waals surface area contributed by atoms with Crippen LogP contribution >= 0.6 is 0 Å². The SMILES string of the molecule is C=CC(c1ccncc1)c1cc2c(cc1N)NC(=O)N(Cc1ccccc1)C2. The number of amides is 2. The highest BCUT2D eigenvalue weighted by atomic mass is 16.2. The van der Waals surface area contributed by atoms with Crippen LogP contribution in [0.15, 0.2) is 79.6 Å². The predicted molar refractivity (Wildman–Crippen MR) is 112 cm³/mol. The first-order valence-corrected chi connectivity index (χ1v) is 9.20. The van der Waals surface area contributed by atoms with Gasteiger partial charge in [0.05, 0.1) is 0 Å². The van der Waals surface area contributed by atoms with E-state index >= 15 is 0 Å². The summed E-state index contributed by atoms with van der Waals surface area (Å²) in [6.45, 7) is 5.08. The van der Waals surface area contributed by atoms with E-state index in [-0.39, 0.29) is 11.9 Å². The number of urea groups is 1. The Bertz CT molecular complexity index is 1000. The molecule has 4 rings (SSSR count). The molecule has 0 saturated carbocycles. The topological polar surface area (TPSA) is 71.2 Å². The van der Waals surface area contributed by atoms with Crippen molar-refractivity contribution >= 4 is 17.4 Å². The highest BCUT2D eigenvalue weighted by molar-refractivity contribution is 5.93. The first-order valence-electron chi connectivity index (χ1n) is 9.20. The number of nitrogens with zero attached hydrogens (tertiary/aromatic N) is 2. The first-order chi connectivity index (χ1) is 13.7. The van der Waals surface area contributed by atoms with Gasteiger partial charge in [0.2, 0.25) is 0 Å². The van der Waals surface area contributed by atoms with Crippen LogP contribution in [0.3, 0.4) is 0 Å². The number of aromatic nitrogens is 1. The molecular weight excluding hydrogens is 348 g/mol. The smallest absolute Gasteiger partial charge is 0.322 e. The van der Waals surface area contributed by atoms with Crippen LogP contribution in [0.1, 0.15) is 28.2 Å². The zero-order valence-corrected chi connectivity index (χ0v) is 15.5. The van der Waals surface area contributed by atoms with Gasteiger partial charge in [0.1, 0.15) is 0 Å². The van der Waals surface area contributed by atoms with E-state index in [0.29, 0.717) is 18.8 Å². The summed E-state index contributed by atoms with van der Waals surface area (Å²) < 4.78 is 0. The van der Waals surface area contributed by atoms with Crippen LogP contribution in [0.4, 0.5) is 16.2 Å². The molecule has 2 heterocycles. The summed E-state index contributed by atoms with van der Waals surface area (Å²) in [6, 6.07) is 17.7. The van der Waals surface area contributed by atoms with Crippen molar-refractivity contribution in [3.05, 3.63) is 102 Å². The fourth-order valence-corrected chi connectivity index (χ4v) is 3.61. The lowest BCUT2D eigenvalue weighted by atomic mass is 9.89. The Labute approximate surface area is 164 Å². The lowest BCUT2D eigenvalue weighted by molar-refractivity contribution is 0.204. The molecule has 140 valence electrons. The fraction of sp³-hybridized carbons (Fsp3) is 0.130. The molecule has 1 aliphatic rings. The number of hydrogen-bond acceptors (Lipinski definition) is 3. The maximum atomic E-state index is 12.5. The number of carbonyl (C=O) groups excluding carboxylic acids is 1. The molecular formula is C23H22N4O. The number of fused-ring (bicyclic) bond motifs is 1. The van der Waals surface area contributed by atoms with E-state index in [9.17, 15) is 4.79 Å². The summed E-state index contributed by atoms with van der Waals surface area (Å²) in [5, 5.41) is 2.97. The van der Waals surface area contributed by atoms with Gasteiger partial charge in [-0.05, 0) is 46.5 Å². The van der Waals surface area contributed by atoms with Gasteiger partial charge in [-0.15, -0.1) is 6.58 Å². The van der Waals surface area contributed by atoms with Crippen LogP contribution in [0.2, 0.25) is 0 Å². The standard InChI is InChI=1S/C23H22N4O/c1-2-19(17-8-10-25-11-9-17)20-12-18-15-27(14-16-6-4-3-5-7-16)23(28)26-22(18)13-21(20)24/h2-13,19H,1,14-15,24H2,(H,26,28). The molecule has 0 fully saturated rings. The summed E-state index contributed by atoms with van der Waals surface area (Å²) in [6.07, 6.45) is 5.42. The van der Waals surface area contributed by atoms with Crippen LogP contribution < -0.4 is 11.1 Å². The zero-order chi connectivity index (χ0) is 19.5. The Kier molecular flexibility index (Phi) is 4.81. The second kappa shape index (κ2) is 7.56. The highest BCUT2D eigenvalue weighted by Crippen LogP contribution is 2.35. The third kappa shape index (κ3) is 3.47. The Balaban J connectivity index is 1.66. The molecule has 0 spiro atoms. The van der Waals surface area contributed by atoms with Crippen LogP contribution in [-0.2, 0) is 13.1 Å². The minimum atomic E-state index is -0.113. The zero-order valence-electron chi connectivity index (χ0n) is 15.5. The molecule has 5 nitrogen and oxygen atoms in total. The van der Waals surface area contributed by atoms with Crippen LogP contribution in [0.25, 0.3) is 0 Å². The number of nitrogens with one attached hydrogen (secondary N) is 1. The van der Waals surface area contributed by atoms with Gasteiger partial charge in [-0.2, -0.15) is 0 Å². The van der Waals surface area contributed by atoms with Gasteiger partial charge < -0.3 is 16.0 Å². The number of carbonyl (C=O) groups is 1. The molecule has 0 saturated heterocycles. The van der Waals surface area contributed by atoms with Gasteiger partial charge in [0.15, 0.2) is 0 Å². The Morgan fingerprint density at radius 2 is 1.93 bits per heavy atom. The van der Waals surface area contributed by atoms with Crippen molar-refractivity contribution in [2.24, 2.45) is 0 Å². The number of benzene rings is 2. The van der Waals surface area contributed by atoms with E-state index in [1.54, 1.807) is 17.3 Å². The monoisotopic (exact) mass is 370 g/mol. The van der Waals surface area contributed by atoms with E-state index in [2.05, 4.69) is 22.9 Å². The quantitative estimate of drug-likeness (QED) is 0.512. The van der Waals surface area contributed by atoms with Gasteiger partial charge in [0.25, 0.3) is 0 Å². The fourth-order valence-electron chi connectivity index (χ4n) is 3.61. The number of nitrogen functional groups attached to an aromatic ring is 1. The molecule has 0 radical (unpaired) electrons. The largest absolute Gasteiger partial charge is 0.398 e. The minimum absolute atomic E-state index is 0.0338. The normalized spacial score (nSPS) is 14.1. The average molecular weight is 370 g/mol. The van der Waals surface area contributed by atoms with Crippen molar-refractivity contribution in [3.63, 3.8) is 0 Å². The number of pyridine rings is 1. The Morgan fingerprint density at radius 1 is 1.18 bits per heavy atom. The summed E-state index contributed by atoms with van der Waals surface area (Å²) in [5.74, 6) is -0.0338. The number of nitrogens with two attached hydrogens (primary N) is 1. The van der Waals surface area contributed by atoms with Crippen molar-refractivity contribution in [2.45, 2.75) is 19.0 Å². The van der Waals surface area contributed by atoms with E-state index in [0.717, 1.165) is 27.9 Å². The van der Waals surface area contributed by atoms with E-state index in [4.69, 9.17) is 5.73 Å². The van der Waals surface area contributed by atoms with E-state index in [1.807, 2.05) is 54.6 Å². The molecule has 5 heteroatoms. The molecule has 3 N–H and O–H groups in total. The van der Waals surface area contributed by atoms with Gasteiger partial charge in [-0.1, -0.05) is 36.4 Å². The Hall–Kier alpha value is -3.60. The lowest BCUT2D eigenvalue weighted by Crippen LogP contribution is -2.38. The van der Waals surface area contributed by atoms with Gasteiger partial charge in [-0.25, -0.2) is 4.79 Å². The third-order valence-corrected chi connectivity index (χ3v) is 5.05. The van der Waals surface area contributed by atoms with Gasteiger partial charge in [0, 0.05) is 42.8 Å². The second-order valence-electron chi connectivity index (χ2n) is 6.90. The number of allylic oxidation sites excluding steroid dienone is 1. The van der Waals surface area contributed by atoms with Crippen LogP contribution in [0.5, 0.6) is 0 Å². The lowest BCUT2D eigenvalue weighted by Gasteiger charge is -2.31. The molecule has 3 aromatic rings. The molecule has 1 atom stereocenters. The number of hydrogen-bond donors (Lipinski definition) is 2. The van der Waals surface area contributed by atoms with Crippen molar-refractivity contribution < 1.29 is 4.79 Å². The van der Waals surface area contributed by atoms with E-state index < -0.39 is 0 Å². The molecule has 1 unspecified atom stereocenters.